The molecule has 0 aromatic heterocycles. The van der Waals surface area contributed by atoms with Crippen molar-refractivity contribution in [3.05, 3.63) is 28.7 Å². The minimum atomic E-state index is 0. The van der Waals surface area contributed by atoms with Gasteiger partial charge in [-0.15, -0.1) is 24.0 Å². The molecule has 1 saturated heterocycles. The van der Waals surface area contributed by atoms with E-state index in [0.29, 0.717) is 26.1 Å². The van der Waals surface area contributed by atoms with Crippen molar-refractivity contribution in [1.82, 2.24) is 15.5 Å². The van der Waals surface area contributed by atoms with Gasteiger partial charge in [0.25, 0.3) is 0 Å². The number of guanidine groups is 1. The highest BCUT2D eigenvalue weighted by atomic mass is 127. The van der Waals surface area contributed by atoms with Gasteiger partial charge < -0.3 is 20.3 Å². The number of rotatable bonds is 9. The zero-order chi connectivity index (χ0) is 17.9. The number of halogens is 2. The topological polar surface area (TPSA) is 66.0 Å². The summed E-state index contributed by atoms with van der Waals surface area (Å²) >= 11 is 3.43. The SMILES string of the molecule is CCNC(=NCCCN1CCCC1=O)NCCOc1cccc(Br)c1.I. The highest BCUT2D eigenvalue weighted by Gasteiger charge is 2.18. The van der Waals surface area contributed by atoms with E-state index in [1.165, 1.54) is 0 Å². The molecule has 2 N–H and O–H groups in total. The Morgan fingerprint density at radius 2 is 2.23 bits per heavy atom. The molecule has 1 heterocycles. The van der Waals surface area contributed by atoms with Crippen LogP contribution in [0.1, 0.15) is 26.2 Å². The minimum absolute atomic E-state index is 0. The van der Waals surface area contributed by atoms with Gasteiger partial charge in [-0.2, -0.15) is 0 Å². The second-order valence-electron chi connectivity index (χ2n) is 5.83. The minimum Gasteiger partial charge on any atom is -0.492 e. The molecular formula is C18H28BrIN4O2. The Labute approximate surface area is 181 Å². The molecule has 8 heteroatoms. The maximum atomic E-state index is 11.6. The zero-order valence-corrected chi connectivity index (χ0v) is 19.1. The average Bonchev–Trinajstić information content (AvgIpc) is 3.00. The molecule has 1 fully saturated rings. The maximum Gasteiger partial charge on any atom is 0.222 e. The van der Waals surface area contributed by atoms with Crippen molar-refractivity contribution in [2.45, 2.75) is 26.2 Å². The van der Waals surface area contributed by atoms with Crippen molar-refractivity contribution in [2.75, 3.05) is 39.3 Å². The lowest BCUT2D eigenvalue weighted by Crippen LogP contribution is -2.39. The quantitative estimate of drug-likeness (QED) is 0.219. The molecule has 146 valence electrons. The third-order valence-electron chi connectivity index (χ3n) is 3.83. The molecule has 1 aliphatic heterocycles. The molecule has 1 aromatic carbocycles. The third-order valence-corrected chi connectivity index (χ3v) is 4.32. The highest BCUT2D eigenvalue weighted by molar-refractivity contribution is 14.0. The fraction of sp³-hybridized carbons (Fsp3) is 0.556. The summed E-state index contributed by atoms with van der Waals surface area (Å²) < 4.78 is 6.70. The summed E-state index contributed by atoms with van der Waals surface area (Å²) in [6, 6.07) is 7.79. The number of aliphatic imine (C=N–C) groups is 1. The van der Waals surface area contributed by atoms with E-state index in [4.69, 9.17) is 4.74 Å². The molecular weight excluding hydrogens is 511 g/mol. The Balaban J connectivity index is 0.00000338. The molecule has 0 unspecified atom stereocenters. The number of hydrogen-bond acceptors (Lipinski definition) is 3. The highest BCUT2D eigenvalue weighted by Crippen LogP contribution is 2.17. The van der Waals surface area contributed by atoms with Crippen molar-refractivity contribution in [1.29, 1.82) is 0 Å². The van der Waals surface area contributed by atoms with Crippen LogP contribution < -0.4 is 15.4 Å². The Bertz CT molecular complexity index is 586. The number of nitrogens with one attached hydrogen (secondary N) is 2. The van der Waals surface area contributed by atoms with Gasteiger partial charge in [0.15, 0.2) is 5.96 Å². The van der Waals surface area contributed by atoms with Gasteiger partial charge in [-0.3, -0.25) is 9.79 Å². The number of likely N-dealkylation sites (tertiary alicyclic amines) is 1. The van der Waals surface area contributed by atoms with Crippen LogP contribution in [0.2, 0.25) is 0 Å². The van der Waals surface area contributed by atoms with Crippen LogP contribution in [0.3, 0.4) is 0 Å². The molecule has 2 rings (SSSR count). The van der Waals surface area contributed by atoms with Crippen LogP contribution in [-0.2, 0) is 4.79 Å². The standard InChI is InChI=1S/C18H27BrN4O2.HI/c1-2-20-18(21-9-5-12-23-11-4-8-17(23)24)22-10-13-25-16-7-3-6-15(19)14-16;/h3,6-7,14H,2,4-5,8-13H2,1H3,(H2,20,21,22);1H. The molecule has 6 nitrogen and oxygen atoms in total. The van der Waals surface area contributed by atoms with E-state index in [-0.39, 0.29) is 29.9 Å². The summed E-state index contributed by atoms with van der Waals surface area (Å²) in [5.41, 5.74) is 0. The van der Waals surface area contributed by atoms with Crippen LogP contribution in [0.25, 0.3) is 0 Å². The lowest BCUT2D eigenvalue weighted by Gasteiger charge is -2.15. The smallest absolute Gasteiger partial charge is 0.222 e. The summed E-state index contributed by atoms with van der Waals surface area (Å²) in [5.74, 6) is 1.90. The van der Waals surface area contributed by atoms with Crippen LogP contribution in [0.5, 0.6) is 5.75 Å². The first-order valence-electron chi connectivity index (χ1n) is 8.87. The van der Waals surface area contributed by atoms with E-state index in [1.54, 1.807) is 0 Å². The summed E-state index contributed by atoms with van der Waals surface area (Å²) in [6.45, 7) is 6.47. The number of benzene rings is 1. The number of amides is 1. The maximum absolute atomic E-state index is 11.6. The predicted molar refractivity (Wildman–Crippen MR) is 119 cm³/mol. The van der Waals surface area contributed by atoms with Crippen LogP contribution in [0, 0.1) is 0 Å². The van der Waals surface area contributed by atoms with Gasteiger partial charge in [0, 0.05) is 37.1 Å². The van der Waals surface area contributed by atoms with Gasteiger partial charge in [-0.25, -0.2) is 0 Å². The van der Waals surface area contributed by atoms with Crippen molar-refractivity contribution < 1.29 is 9.53 Å². The van der Waals surface area contributed by atoms with Crippen molar-refractivity contribution in [2.24, 2.45) is 4.99 Å². The number of hydrogen-bond donors (Lipinski definition) is 2. The normalized spacial score (nSPS) is 14.2. The second kappa shape index (κ2) is 13.2. The molecule has 0 aliphatic carbocycles. The first-order valence-corrected chi connectivity index (χ1v) is 9.66. The van der Waals surface area contributed by atoms with Crippen LogP contribution in [0.15, 0.2) is 33.7 Å². The van der Waals surface area contributed by atoms with Gasteiger partial charge >= 0.3 is 0 Å². The van der Waals surface area contributed by atoms with Gasteiger partial charge in [0.2, 0.25) is 5.91 Å². The molecule has 26 heavy (non-hydrogen) atoms. The average molecular weight is 539 g/mol. The number of carbonyl (C=O) groups excluding carboxylic acids is 1. The van der Waals surface area contributed by atoms with Gasteiger partial charge in [0.1, 0.15) is 12.4 Å². The second-order valence-corrected chi connectivity index (χ2v) is 6.75. The van der Waals surface area contributed by atoms with Crippen LogP contribution in [0.4, 0.5) is 0 Å². The van der Waals surface area contributed by atoms with Gasteiger partial charge in [-0.05, 0) is 38.0 Å². The summed E-state index contributed by atoms with van der Waals surface area (Å²) in [7, 11) is 0. The van der Waals surface area contributed by atoms with Crippen molar-refractivity contribution in [3.63, 3.8) is 0 Å². The molecule has 1 aliphatic rings. The Morgan fingerprint density at radius 1 is 1.38 bits per heavy atom. The molecule has 1 amide bonds. The Morgan fingerprint density at radius 3 is 2.92 bits per heavy atom. The lowest BCUT2D eigenvalue weighted by molar-refractivity contribution is -0.127. The molecule has 0 spiro atoms. The molecule has 1 aromatic rings. The van der Waals surface area contributed by atoms with Crippen LogP contribution in [-0.4, -0.2) is 56.1 Å². The van der Waals surface area contributed by atoms with E-state index in [1.807, 2.05) is 36.1 Å². The Hall–Kier alpha value is -1.03. The summed E-state index contributed by atoms with van der Waals surface area (Å²) in [4.78, 5) is 18.0. The molecule has 0 bridgehead atoms. The fourth-order valence-corrected chi connectivity index (χ4v) is 3.01. The van der Waals surface area contributed by atoms with Crippen molar-refractivity contribution >= 4 is 51.8 Å². The number of carbonyl (C=O) groups is 1. The predicted octanol–water partition coefficient (Wildman–Crippen LogP) is 3.01. The third kappa shape index (κ3) is 8.57. The molecule has 0 radical (unpaired) electrons. The van der Waals surface area contributed by atoms with E-state index < -0.39 is 0 Å². The summed E-state index contributed by atoms with van der Waals surface area (Å²) in [5, 5.41) is 6.49. The lowest BCUT2D eigenvalue weighted by atomic mass is 10.3. The van der Waals surface area contributed by atoms with Gasteiger partial charge in [0.05, 0.1) is 6.54 Å². The van der Waals surface area contributed by atoms with Crippen molar-refractivity contribution in [3.8, 4) is 5.75 Å². The van der Waals surface area contributed by atoms with Gasteiger partial charge in [-0.1, -0.05) is 22.0 Å². The Kier molecular flexibility index (Phi) is 11.7. The van der Waals surface area contributed by atoms with E-state index in [2.05, 4.69) is 31.6 Å². The molecule has 0 saturated carbocycles. The zero-order valence-electron chi connectivity index (χ0n) is 15.2. The van der Waals surface area contributed by atoms with E-state index in [9.17, 15) is 4.79 Å². The number of ether oxygens (including phenoxy) is 1. The fourth-order valence-electron chi connectivity index (χ4n) is 2.63. The van der Waals surface area contributed by atoms with Crippen LogP contribution >= 0.6 is 39.9 Å². The largest absolute Gasteiger partial charge is 0.492 e. The molecule has 0 atom stereocenters. The van der Waals surface area contributed by atoms with E-state index in [0.717, 1.165) is 48.7 Å². The monoisotopic (exact) mass is 538 g/mol. The van der Waals surface area contributed by atoms with E-state index >= 15 is 0 Å². The first kappa shape index (κ1) is 23.0. The number of nitrogens with zero attached hydrogens (tertiary/aromatic N) is 2. The summed E-state index contributed by atoms with van der Waals surface area (Å²) in [6.07, 6.45) is 2.58. The first-order chi connectivity index (χ1) is 12.2.